The highest BCUT2D eigenvalue weighted by molar-refractivity contribution is 5.99. The fourth-order valence-corrected chi connectivity index (χ4v) is 2.79. The summed E-state index contributed by atoms with van der Waals surface area (Å²) in [6.45, 7) is 0. The molecule has 0 radical (unpaired) electrons. The Labute approximate surface area is 132 Å². The zero-order chi connectivity index (χ0) is 16.1. The number of phenols is 2. The molecule has 2 bridgehead atoms. The third-order valence-corrected chi connectivity index (χ3v) is 3.96. The van der Waals surface area contributed by atoms with E-state index in [-0.39, 0.29) is 17.2 Å². The molecule has 2 aliphatic rings. The summed E-state index contributed by atoms with van der Waals surface area (Å²) in [5.74, 6) is 0.336. The molecule has 2 aliphatic heterocycles. The Bertz CT molecular complexity index is 917. The van der Waals surface area contributed by atoms with Gasteiger partial charge >= 0.3 is 0 Å². The van der Waals surface area contributed by atoms with Crippen LogP contribution in [0.25, 0.3) is 22.3 Å². The van der Waals surface area contributed by atoms with E-state index in [1.54, 1.807) is 24.3 Å². The van der Waals surface area contributed by atoms with Gasteiger partial charge in [-0.1, -0.05) is 24.3 Å². The summed E-state index contributed by atoms with van der Waals surface area (Å²) >= 11 is 0. The van der Waals surface area contributed by atoms with Crippen LogP contribution in [0.2, 0.25) is 0 Å². The number of hydrogen-bond donors (Lipinski definition) is 4. The van der Waals surface area contributed by atoms with Gasteiger partial charge in [0.25, 0.3) is 0 Å². The van der Waals surface area contributed by atoms with Crippen LogP contribution >= 0.6 is 0 Å². The molecule has 3 aromatic carbocycles. The minimum absolute atomic E-state index is 0.0338. The first-order valence-corrected chi connectivity index (χ1v) is 7.08. The zero-order valence-corrected chi connectivity index (χ0v) is 12.1. The van der Waals surface area contributed by atoms with E-state index in [1.807, 2.05) is 24.3 Å². The fourth-order valence-electron chi connectivity index (χ4n) is 2.79. The molecule has 0 saturated heterocycles. The lowest BCUT2D eigenvalue weighted by molar-refractivity contribution is 0.314. The van der Waals surface area contributed by atoms with Gasteiger partial charge in [-0.2, -0.15) is 0 Å². The number of aromatic hydroxyl groups is 2. The average Bonchev–Trinajstić information content (AvgIpc) is 2.55. The predicted octanol–water partition coefficient (Wildman–Crippen LogP) is 3.70. The molecule has 0 atom stereocenters. The minimum Gasteiger partial charge on any atom is -0.504 e. The number of phenolic OH excluding ortho intramolecular Hbond substituents is 2. The van der Waals surface area contributed by atoms with E-state index >= 15 is 0 Å². The summed E-state index contributed by atoms with van der Waals surface area (Å²) in [6, 6.07) is 14.3. The average molecular weight is 306 g/mol. The molecule has 0 fully saturated rings. The summed E-state index contributed by atoms with van der Waals surface area (Å²) in [7, 11) is 0. The first-order chi connectivity index (χ1) is 11.1. The largest absolute Gasteiger partial charge is 0.504 e. The molecule has 0 spiro atoms. The van der Waals surface area contributed by atoms with Gasteiger partial charge in [-0.3, -0.25) is 0 Å². The van der Waals surface area contributed by atoms with Crippen molar-refractivity contribution < 1.29 is 14.9 Å². The van der Waals surface area contributed by atoms with Crippen molar-refractivity contribution in [1.82, 2.24) is 0 Å². The molecule has 0 saturated carbocycles. The second-order valence-corrected chi connectivity index (χ2v) is 5.45. The van der Waals surface area contributed by atoms with Gasteiger partial charge in [-0.25, -0.2) is 0 Å². The van der Waals surface area contributed by atoms with E-state index in [9.17, 15) is 10.2 Å². The van der Waals surface area contributed by atoms with Gasteiger partial charge in [0.05, 0.1) is 0 Å². The van der Waals surface area contributed by atoms with Crippen molar-refractivity contribution in [3.63, 3.8) is 0 Å². The van der Waals surface area contributed by atoms with Crippen LogP contribution in [0.4, 0.5) is 11.4 Å². The normalized spacial score (nSPS) is 11.7. The van der Waals surface area contributed by atoms with Crippen LogP contribution < -0.4 is 16.2 Å². The molecule has 0 amide bonds. The lowest BCUT2D eigenvalue weighted by Gasteiger charge is -2.28. The number of benzene rings is 3. The van der Waals surface area contributed by atoms with E-state index in [0.717, 1.165) is 11.1 Å². The predicted molar refractivity (Wildman–Crippen MR) is 89.5 cm³/mol. The maximum Gasteiger partial charge on any atom is 0.215 e. The van der Waals surface area contributed by atoms with E-state index in [4.69, 9.17) is 16.2 Å². The Morgan fingerprint density at radius 1 is 0.609 bits per heavy atom. The van der Waals surface area contributed by atoms with Crippen molar-refractivity contribution in [3.8, 4) is 45.3 Å². The quantitative estimate of drug-likeness (QED) is 0.423. The topological polar surface area (TPSA) is 102 Å². The molecule has 3 aromatic rings. The van der Waals surface area contributed by atoms with Crippen LogP contribution in [0.15, 0.2) is 48.5 Å². The molecule has 114 valence electrons. The molecular weight excluding hydrogens is 292 g/mol. The van der Waals surface area contributed by atoms with Crippen LogP contribution in [0.1, 0.15) is 0 Å². The van der Waals surface area contributed by atoms with Crippen molar-refractivity contribution in [2.45, 2.75) is 0 Å². The summed E-state index contributed by atoms with van der Waals surface area (Å²) in [6.07, 6.45) is 0. The number of hydrogen-bond acceptors (Lipinski definition) is 5. The number of anilines is 2. The maximum atomic E-state index is 10.5. The summed E-state index contributed by atoms with van der Waals surface area (Å²) in [5.41, 5.74) is 15.5. The molecule has 5 heteroatoms. The van der Waals surface area contributed by atoms with Crippen molar-refractivity contribution in [2.75, 3.05) is 11.5 Å². The highest BCUT2D eigenvalue weighted by atomic mass is 16.5. The third-order valence-electron chi connectivity index (χ3n) is 3.96. The standard InChI is InChI=1S/C18H14N2O3/c19-11-5-1-9(2-6-11)13-14(10-3-7-12(20)8-4-10)17-16(22)18(23-17)15(13)21/h1-8,21-22H,19-20H2. The van der Waals surface area contributed by atoms with Gasteiger partial charge in [0.2, 0.25) is 11.5 Å². The maximum absolute atomic E-state index is 10.5. The molecule has 0 aromatic heterocycles. The molecule has 5 nitrogen and oxygen atoms in total. The van der Waals surface area contributed by atoms with Crippen molar-refractivity contribution in [1.29, 1.82) is 0 Å². The second kappa shape index (κ2) is 4.58. The van der Waals surface area contributed by atoms with Gasteiger partial charge < -0.3 is 26.4 Å². The lowest BCUT2D eigenvalue weighted by atomic mass is 9.89. The number of rotatable bonds is 2. The van der Waals surface area contributed by atoms with Gasteiger partial charge in [-0.05, 0) is 35.4 Å². The Hall–Kier alpha value is -3.34. The number of fused-ring (bicyclic) bond motifs is 2. The van der Waals surface area contributed by atoms with Crippen LogP contribution in [-0.4, -0.2) is 10.2 Å². The minimum atomic E-state index is -0.0888. The monoisotopic (exact) mass is 306 g/mol. The Morgan fingerprint density at radius 2 is 1.09 bits per heavy atom. The third kappa shape index (κ3) is 1.87. The van der Waals surface area contributed by atoms with E-state index in [0.29, 0.717) is 28.3 Å². The van der Waals surface area contributed by atoms with E-state index < -0.39 is 0 Å². The number of nitrogen functional groups attached to an aromatic ring is 2. The van der Waals surface area contributed by atoms with Crippen LogP contribution in [0.5, 0.6) is 23.0 Å². The first-order valence-electron chi connectivity index (χ1n) is 7.08. The van der Waals surface area contributed by atoms with Crippen LogP contribution in [-0.2, 0) is 0 Å². The summed E-state index contributed by atoms with van der Waals surface area (Å²) in [5, 5.41) is 20.6. The highest BCUT2D eigenvalue weighted by Gasteiger charge is 2.35. The van der Waals surface area contributed by atoms with Gasteiger partial charge in [-0.15, -0.1) is 0 Å². The molecule has 2 heterocycles. The highest BCUT2D eigenvalue weighted by Crippen LogP contribution is 2.64. The second-order valence-electron chi connectivity index (χ2n) is 5.45. The fraction of sp³-hybridized carbons (Fsp3) is 0. The van der Waals surface area contributed by atoms with E-state index in [1.165, 1.54) is 0 Å². The Balaban J connectivity index is 2.01. The smallest absolute Gasteiger partial charge is 0.215 e. The molecule has 6 N–H and O–H groups in total. The van der Waals surface area contributed by atoms with E-state index in [2.05, 4.69) is 0 Å². The molecular formula is C18H14N2O3. The molecule has 0 unspecified atom stereocenters. The number of nitrogens with two attached hydrogens (primary N) is 2. The molecule has 23 heavy (non-hydrogen) atoms. The SMILES string of the molecule is Nc1ccc(-c2c(O)c3c(O)c(c2-c2ccc(N)cc2)O3)cc1. The van der Waals surface area contributed by atoms with Crippen molar-refractivity contribution in [3.05, 3.63) is 48.5 Å². The van der Waals surface area contributed by atoms with Gasteiger partial charge in [0, 0.05) is 22.5 Å². The molecule has 5 rings (SSSR count). The van der Waals surface area contributed by atoms with Gasteiger partial charge in [0.1, 0.15) is 0 Å². The van der Waals surface area contributed by atoms with Crippen molar-refractivity contribution in [2.24, 2.45) is 0 Å². The summed E-state index contributed by atoms with van der Waals surface area (Å²) in [4.78, 5) is 0. The van der Waals surface area contributed by atoms with Crippen LogP contribution in [0.3, 0.4) is 0 Å². The Kier molecular flexibility index (Phi) is 2.65. The first kappa shape index (κ1) is 13.3. The lowest BCUT2D eigenvalue weighted by Crippen LogP contribution is -2.03. The zero-order valence-electron chi connectivity index (χ0n) is 12.1. The van der Waals surface area contributed by atoms with Gasteiger partial charge in [0.15, 0.2) is 11.5 Å². The molecule has 0 aliphatic carbocycles. The summed E-state index contributed by atoms with van der Waals surface area (Å²) < 4.78 is 5.42. The van der Waals surface area contributed by atoms with Crippen LogP contribution in [0, 0.1) is 0 Å². The Morgan fingerprint density at radius 3 is 1.57 bits per heavy atom. The van der Waals surface area contributed by atoms with Crippen molar-refractivity contribution >= 4 is 11.4 Å². The number of ether oxygens (including phenoxy) is 1.